The topological polar surface area (TPSA) is 69.6 Å². The first-order valence-corrected chi connectivity index (χ1v) is 8.95. The van der Waals surface area contributed by atoms with Crippen LogP contribution in [0.15, 0.2) is 48.5 Å². The number of carboxylic acid groups (broad SMARTS) is 1. The minimum Gasteiger partial charge on any atom is -0.481 e. The number of nitrogens with zero attached hydrogens (tertiary/aromatic N) is 1. The molecule has 0 heterocycles. The maximum absolute atomic E-state index is 12.5. The highest BCUT2D eigenvalue weighted by molar-refractivity contribution is 6.04. The molecule has 0 saturated carbocycles. The van der Waals surface area contributed by atoms with Crippen LogP contribution in [0.2, 0.25) is 0 Å². The third kappa shape index (κ3) is 5.70. The SMILES string of the molecule is CCCN(CC)Cc1ccc(C(=O)Nc2ccccc2CC(=O)O)cc1. The third-order valence-electron chi connectivity index (χ3n) is 4.22. The van der Waals surface area contributed by atoms with Crippen LogP contribution in [0.4, 0.5) is 5.69 Å². The maximum atomic E-state index is 12.5. The van der Waals surface area contributed by atoms with Gasteiger partial charge in [-0.1, -0.05) is 44.2 Å². The van der Waals surface area contributed by atoms with Crippen molar-refractivity contribution in [3.63, 3.8) is 0 Å². The summed E-state index contributed by atoms with van der Waals surface area (Å²) in [5.74, 6) is -1.17. The summed E-state index contributed by atoms with van der Waals surface area (Å²) in [5.41, 5.74) is 2.84. The molecule has 26 heavy (non-hydrogen) atoms. The number of nitrogens with one attached hydrogen (secondary N) is 1. The van der Waals surface area contributed by atoms with E-state index in [4.69, 9.17) is 5.11 Å². The van der Waals surface area contributed by atoms with Crippen molar-refractivity contribution in [3.05, 3.63) is 65.2 Å². The predicted octanol–water partition coefficient (Wildman–Crippen LogP) is 3.80. The van der Waals surface area contributed by atoms with Gasteiger partial charge in [-0.2, -0.15) is 0 Å². The summed E-state index contributed by atoms with van der Waals surface area (Å²) in [7, 11) is 0. The molecule has 1 amide bonds. The molecule has 0 aromatic heterocycles. The molecule has 2 rings (SSSR count). The van der Waals surface area contributed by atoms with E-state index in [1.54, 1.807) is 24.3 Å². The molecule has 2 aromatic carbocycles. The molecule has 0 bridgehead atoms. The summed E-state index contributed by atoms with van der Waals surface area (Å²) in [6, 6.07) is 14.5. The highest BCUT2D eigenvalue weighted by Gasteiger charge is 2.11. The van der Waals surface area contributed by atoms with Gasteiger partial charge in [0.1, 0.15) is 0 Å². The molecule has 0 aliphatic carbocycles. The molecule has 0 saturated heterocycles. The van der Waals surface area contributed by atoms with Crippen LogP contribution in [-0.2, 0) is 17.8 Å². The smallest absolute Gasteiger partial charge is 0.307 e. The minimum atomic E-state index is -0.927. The molecular formula is C21H26N2O3. The van der Waals surface area contributed by atoms with Crippen LogP contribution in [-0.4, -0.2) is 35.0 Å². The lowest BCUT2D eigenvalue weighted by Crippen LogP contribution is -2.23. The number of hydrogen-bond acceptors (Lipinski definition) is 3. The molecule has 0 fully saturated rings. The van der Waals surface area contributed by atoms with Gasteiger partial charge in [0, 0.05) is 17.8 Å². The Bertz CT molecular complexity index is 741. The fraction of sp³-hybridized carbons (Fsp3) is 0.333. The summed E-state index contributed by atoms with van der Waals surface area (Å²) in [4.78, 5) is 25.8. The molecule has 5 heteroatoms. The molecule has 0 unspecified atom stereocenters. The first-order valence-electron chi connectivity index (χ1n) is 8.95. The Morgan fingerprint density at radius 2 is 1.73 bits per heavy atom. The molecule has 0 atom stereocenters. The fourth-order valence-corrected chi connectivity index (χ4v) is 2.84. The van der Waals surface area contributed by atoms with Crippen molar-refractivity contribution in [2.24, 2.45) is 0 Å². The Kier molecular flexibility index (Phi) is 7.36. The quantitative estimate of drug-likeness (QED) is 0.719. The molecule has 0 aliphatic rings. The number of rotatable bonds is 9. The number of para-hydroxylation sites is 1. The van der Waals surface area contributed by atoms with Gasteiger partial charge in [0.05, 0.1) is 6.42 Å². The summed E-state index contributed by atoms with van der Waals surface area (Å²) < 4.78 is 0. The van der Waals surface area contributed by atoms with Crippen LogP contribution in [0.25, 0.3) is 0 Å². The number of anilines is 1. The summed E-state index contributed by atoms with van der Waals surface area (Å²) >= 11 is 0. The van der Waals surface area contributed by atoms with E-state index in [-0.39, 0.29) is 12.3 Å². The van der Waals surface area contributed by atoms with Crippen LogP contribution in [0.1, 0.15) is 41.8 Å². The van der Waals surface area contributed by atoms with Gasteiger partial charge in [0.25, 0.3) is 5.91 Å². The van der Waals surface area contributed by atoms with E-state index in [9.17, 15) is 9.59 Å². The summed E-state index contributed by atoms with van der Waals surface area (Å²) in [5, 5.41) is 11.8. The van der Waals surface area contributed by atoms with Crippen molar-refractivity contribution in [1.29, 1.82) is 0 Å². The Hall–Kier alpha value is -2.66. The average molecular weight is 354 g/mol. The van der Waals surface area contributed by atoms with Crippen LogP contribution in [0.5, 0.6) is 0 Å². The molecule has 0 radical (unpaired) electrons. The first-order chi connectivity index (χ1) is 12.5. The van der Waals surface area contributed by atoms with Crippen LogP contribution in [0.3, 0.4) is 0 Å². The Morgan fingerprint density at radius 1 is 1.04 bits per heavy atom. The second-order valence-electron chi connectivity index (χ2n) is 6.25. The lowest BCUT2D eigenvalue weighted by atomic mass is 10.1. The lowest BCUT2D eigenvalue weighted by Gasteiger charge is -2.19. The number of carbonyl (C=O) groups is 2. The third-order valence-corrected chi connectivity index (χ3v) is 4.22. The number of carbonyl (C=O) groups excluding carboxylic acids is 1. The van der Waals surface area contributed by atoms with E-state index in [1.165, 1.54) is 5.56 Å². The van der Waals surface area contributed by atoms with Gasteiger partial charge in [-0.15, -0.1) is 0 Å². The lowest BCUT2D eigenvalue weighted by molar-refractivity contribution is -0.136. The van der Waals surface area contributed by atoms with Gasteiger partial charge in [0.15, 0.2) is 0 Å². The van der Waals surface area contributed by atoms with Gasteiger partial charge >= 0.3 is 5.97 Å². The monoisotopic (exact) mass is 354 g/mol. The van der Waals surface area contributed by atoms with Crippen LogP contribution in [0, 0.1) is 0 Å². The molecule has 2 N–H and O–H groups in total. The van der Waals surface area contributed by atoms with Gasteiger partial charge in [-0.3, -0.25) is 14.5 Å². The van der Waals surface area contributed by atoms with E-state index in [0.29, 0.717) is 16.8 Å². The number of hydrogen-bond donors (Lipinski definition) is 2. The van der Waals surface area contributed by atoms with Crippen molar-refractivity contribution >= 4 is 17.6 Å². The zero-order valence-corrected chi connectivity index (χ0v) is 15.4. The predicted molar refractivity (Wildman–Crippen MR) is 103 cm³/mol. The standard InChI is InChI=1S/C21H26N2O3/c1-3-13-23(4-2)15-16-9-11-17(12-10-16)21(26)22-19-8-6-5-7-18(19)14-20(24)25/h5-12H,3-4,13-15H2,1-2H3,(H,22,26)(H,24,25). The van der Waals surface area contributed by atoms with Gasteiger partial charge in [-0.05, 0) is 48.8 Å². The van der Waals surface area contributed by atoms with E-state index < -0.39 is 5.97 Å². The minimum absolute atomic E-state index is 0.125. The number of benzene rings is 2. The summed E-state index contributed by atoms with van der Waals surface area (Å²) in [6.45, 7) is 7.23. The normalized spacial score (nSPS) is 10.7. The van der Waals surface area contributed by atoms with Crippen molar-refractivity contribution < 1.29 is 14.7 Å². The molecule has 0 aliphatic heterocycles. The largest absolute Gasteiger partial charge is 0.481 e. The highest BCUT2D eigenvalue weighted by Crippen LogP contribution is 2.17. The molecule has 5 nitrogen and oxygen atoms in total. The second-order valence-corrected chi connectivity index (χ2v) is 6.25. The van der Waals surface area contributed by atoms with E-state index in [1.807, 2.05) is 24.3 Å². The average Bonchev–Trinajstić information content (AvgIpc) is 2.63. The number of aliphatic carboxylic acids is 1. The highest BCUT2D eigenvalue weighted by atomic mass is 16.4. The van der Waals surface area contributed by atoms with Crippen LogP contribution < -0.4 is 5.32 Å². The number of carboxylic acids is 1. The molecular weight excluding hydrogens is 328 g/mol. The van der Waals surface area contributed by atoms with E-state index in [0.717, 1.165) is 26.1 Å². The first kappa shape index (κ1) is 19.7. The fourth-order valence-electron chi connectivity index (χ4n) is 2.84. The van der Waals surface area contributed by atoms with E-state index in [2.05, 4.69) is 24.1 Å². The second kappa shape index (κ2) is 9.73. The van der Waals surface area contributed by atoms with Crippen molar-refractivity contribution in [2.45, 2.75) is 33.2 Å². The van der Waals surface area contributed by atoms with E-state index >= 15 is 0 Å². The zero-order chi connectivity index (χ0) is 18.9. The number of amides is 1. The Balaban J connectivity index is 2.05. The summed E-state index contributed by atoms with van der Waals surface area (Å²) in [6.07, 6.45) is 0.990. The zero-order valence-electron chi connectivity index (χ0n) is 15.4. The van der Waals surface area contributed by atoms with Gasteiger partial charge in [0.2, 0.25) is 0 Å². The molecule has 138 valence electrons. The van der Waals surface area contributed by atoms with Crippen molar-refractivity contribution in [1.82, 2.24) is 4.90 Å². The van der Waals surface area contributed by atoms with Crippen molar-refractivity contribution in [3.8, 4) is 0 Å². The van der Waals surface area contributed by atoms with Crippen LogP contribution >= 0.6 is 0 Å². The molecule has 2 aromatic rings. The van der Waals surface area contributed by atoms with Gasteiger partial charge in [-0.25, -0.2) is 0 Å². The van der Waals surface area contributed by atoms with Crippen molar-refractivity contribution in [2.75, 3.05) is 18.4 Å². The maximum Gasteiger partial charge on any atom is 0.307 e. The Morgan fingerprint density at radius 3 is 2.35 bits per heavy atom. The molecule has 0 spiro atoms. The van der Waals surface area contributed by atoms with Gasteiger partial charge < -0.3 is 10.4 Å². The Labute approximate surface area is 154 Å².